The van der Waals surface area contributed by atoms with Crippen LogP contribution in [-0.2, 0) is 16.1 Å². The van der Waals surface area contributed by atoms with Gasteiger partial charge in [0.15, 0.2) is 0 Å². The van der Waals surface area contributed by atoms with E-state index >= 15 is 0 Å². The van der Waals surface area contributed by atoms with Crippen LogP contribution in [0.1, 0.15) is 43.6 Å². The quantitative estimate of drug-likeness (QED) is 0.152. The van der Waals surface area contributed by atoms with Gasteiger partial charge in [-0.1, -0.05) is 18.2 Å². The molecule has 0 unspecified atom stereocenters. The topological polar surface area (TPSA) is 165 Å². The summed E-state index contributed by atoms with van der Waals surface area (Å²) in [6.07, 6.45) is 0. The molecular weight excluding hydrogens is 496 g/mol. The average Bonchev–Trinajstić information content (AvgIpc) is 3.11. The van der Waals surface area contributed by atoms with Gasteiger partial charge in [-0.2, -0.15) is 0 Å². The fourth-order valence-electron chi connectivity index (χ4n) is 3.79. The summed E-state index contributed by atoms with van der Waals surface area (Å²) >= 11 is 0. The van der Waals surface area contributed by atoms with Crippen LogP contribution in [0.3, 0.4) is 0 Å². The second-order valence-corrected chi connectivity index (χ2v) is 8.24. The van der Waals surface area contributed by atoms with Gasteiger partial charge in [-0.05, 0) is 42.0 Å². The molecule has 4 amide bonds. The fourth-order valence-corrected chi connectivity index (χ4v) is 3.79. The molecule has 0 saturated heterocycles. The molecule has 0 saturated carbocycles. The van der Waals surface area contributed by atoms with E-state index in [0.717, 1.165) is 17.0 Å². The highest BCUT2D eigenvalue weighted by Gasteiger charge is 2.37. The van der Waals surface area contributed by atoms with Crippen molar-refractivity contribution in [2.75, 3.05) is 11.9 Å². The third-order valence-corrected chi connectivity index (χ3v) is 5.49. The molecule has 0 radical (unpaired) electrons. The van der Waals surface area contributed by atoms with Crippen molar-refractivity contribution in [3.05, 3.63) is 99.1 Å². The Morgan fingerprint density at radius 2 is 1.68 bits per heavy atom. The Bertz CT molecular complexity index is 1500. The number of hydrogen-bond acceptors (Lipinski definition) is 8. The maximum Gasteiger partial charge on any atom is 0.308 e. The molecule has 0 aliphatic carbocycles. The first-order chi connectivity index (χ1) is 18.1. The molecule has 1 aliphatic rings. The highest BCUT2D eigenvalue weighted by atomic mass is 16.6. The molecule has 0 fully saturated rings. The predicted octanol–water partition coefficient (Wildman–Crippen LogP) is 2.68. The fraction of sp³-hybridized carbons (Fsp3) is 0.115. The van der Waals surface area contributed by atoms with Crippen LogP contribution in [0.5, 0.6) is 5.75 Å². The predicted molar refractivity (Wildman–Crippen MR) is 132 cm³/mol. The van der Waals surface area contributed by atoms with Crippen LogP contribution in [0.4, 0.5) is 11.4 Å². The number of rotatable bonds is 8. The molecule has 12 heteroatoms. The summed E-state index contributed by atoms with van der Waals surface area (Å²) in [5, 5.41) is 16.3. The zero-order valence-electron chi connectivity index (χ0n) is 19.9. The van der Waals surface area contributed by atoms with E-state index in [1.807, 2.05) is 0 Å². The van der Waals surface area contributed by atoms with E-state index in [1.54, 1.807) is 42.5 Å². The maximum absolute atomic E-state index is 12.6. The second-order valence-electron chi connectivity index (χ2n) is 8.24. The summed E-state index contributed by atoms with van der Waals surface area (Å²) in [5.74, 6) is -2.83. The summed E-state index contributed by atoms with van der Waals surface area (Å²) < 4.78 is 4.98. The molecule has 1 aliphatic heterocycles. The van der Waals surface area contributed by atoms with Crippen LogP contribution in [-0.4, -0.2) is 46.0 Å². The molecule has 12 nitrogen and oxygen atoms in total. The summed E-state index contributed by atoms with van der Waals surface area (Å²) in [6.45, 7) is 0.795. The largest absolute Gasteiger partial charge is 0.427 e. The van der Waals surface area contributed by atoms with Gasteiger partial charge < -0.3 is 15.4 Å². The number of nitrogens with one attached hydrogen (secondary N) is 2. The Balaban J connectivity index is 1.36. The van der Waals surface area contributed by atoms with Crippen LogP contribution in [0, 0.1) is 10.1 Å². The minimum atomic E-state index is -0.793. The van der Waals surface area contributed by atoms with Crippen LogP contribution in [0.15, 0.2) is 66.7 Å². The van der Waals surface area contributed by atoms with Crippen molar-refractivity contribution < 1.29 is 33.6 Å². The van der Waals surface area contributed by atoms with E-state index in [-0.39, 0.29) is 29.1 Å². The molecule has 2 N–H and O–H groups in total. The second kappa shape index (κ2) is 10.7. The van der Waals surface area contributed by atoms with Crippen LogP contribution in [0.25, 0.3) is 0 Å². The van der Waals surface area contributed by atoms with E-state index in [9.17, 15) is 34.1 Å². The Morgan fingerprint density at radius 1 is 0.947 bits per heavy atom. The lowest BCUT2D eigenvalue weighted by molar-refractivity contribution is -0.384. The number of esters is 1. The molecule has 3 aromatic rings. The zero-order valence-corrected chi connectivity index (χ0v) is 19.9. The lowest BCUT2D eigenvalue weighted by Gasteiger charge is -2.14. The number of anilines is 1. The van der Waals surface area contributed by atoms with Crippen LogP contribution >= 0.6 is 0 Å². The summed E-state index contributed by atoms with van der Waals surface area (Å²) in [5.41, 5.74) is 0.834. The first kappa shape index (κ1) is 25.7. The lowest BCUT2D eigenvalue weighted by Crippen LogP contribution is -2.37. The molecule has 38 heavy (non-hydrogen) atoms. The standard InChI is InChI=1S/C26H20N4O8/c1-15(31)38-20-7-3-5-17(11-20)24(33)27-13-16-4-2-6-18(10-16)28-23(32)14-29-25(34)21-9-8-19(30(36)37)12-22(21)26(29)35/h2-12H,13-14H2,1H3,(H,27,33)(H,28,32). The molecule has 1 heterocycles. The van der Waals surface area contributed by atoms with Crippen molar-refractivity contribution in [2.24, 2.45) is 0 Å². The monoisotopic (exact) mass is 516 g/mol. The third kappa shape index (κ3) is 5.70. The molecule has 3 aromatic carbocycles. The number of amides is 4. The number of nitro benzene ring substituents is 1. The van der Waals surface area contributed by atoms with Crippen LogP contribution in [0.2, 0.25) is 0 Å². The van der Waals surface area contributed by atoms with Gasteiger partial charge in [0.25, 0.3) is 23.4 Å². The van der Waals surface area contributed by atoms with Gasteiger partial charge in [-0.25, -0.2) is 0 Å². The average molecular weight is 516 g/mol. The van der Waals surface area contributed by atoms with Crippen molar-refractivity contribution in [2.45, 2.75) is 13.5 Å². The Morgan fingerprint density at radius 3 is 2.42 bits per heavy atom. The number of non-ortho nitro benzene ring substituents is 1. The van der Waals surface area contributed by atoms with Gasteiger partial charge in [-0.3, -0.25) is 39.0 Å². The van der Waals surface area contributed by atoms with Crippen LogP contribution < -0.4 is 15.4 Å². The Kier molecular flexibility index (Phi) is 7.24. The SMILES string of the molecule is CC(=O)Oc1cccc(C(=O)NCc2cccc(NC(=O)CN3C(=O)c4ccc([N+](=O)[O-])cc4C3=O)c2)c1. The number of benzene rings is 3. The van der Waals surface area contributed by atoms with Crippen molar-refractivity contribution >= 4 is 41.0 Å². The summed E-state index contributed by atoms with van der Waals surface area (Å²) in [6, 6.07) is 16.0. The van der Waals surface area contributed by atoms with Crippen molar-refractivity contribution in [3.8, 4) is 5.75 Å². The van der Waals surface area contributed by atoms with E-state index in [2.05, 4.69) is 10.6 Å². The number of nitro groups is 1. The van der Waals surface area contributed by atoms with E-state index < -0.39 is 41.1 Å². The number of carbonyl (C=O) groups excluding carboxylic acids is 5. The smallest absolute Gasteiger partial charge is 0.308 e. The molecule has 192 valence electrons. The minimum absolute atomic E-state index is 0.00969. The van der Waals surface area contributed by atoms with E-state index in [0.29, 0.717) is 16.8 Å². The number of hydrogen-bond donors (Lipinski definition) is 2. The van der Waals surface area contributed by atoms with E-state index in [1.165, 1.54) is 19.1 Å². The van der Waals surface area contributed by atoms with Gasteiger partial charge in [-0.15, -0.1) is 0 Å². The van der Waals surface area contributed by atoms with Crippen molar-refractivity contribution in [1.82, 2.24) is 10.2 Å². The van der Waals surface area contributed by atoms with Gasteiger partial charge in [0, 0.05) is 36.9 Å². The van der Waals surface area contributed by atoms with Crippen molar-refractivity contribution in [1.29, 1.82) is 0 Å². The lowest BCUT2D eigenvalue weighted by atomic mass is 10.1. The number of nitrogens with zero attached hydrogens (tertiary/aromatic N) is 2. The van der Waals surface area contributed by atoms with Gasteiger partial charge >= 0.3 is 5.97 Å². The summed E-state index contributed by atoms with van der Waals surface area (Å²) in [7, 11) is 0. The normalized spacial score (nSPS) is 12.1. The number of ether oxygens (including phenoxy) is 1. The Labute approximate surface area is 215 Å². The van der Waals surface area contributed by atoms with Gasteiger partial charge in [0.05, 0.1) is 16.1 Å². The van der Waals surface area contributed by atoms with E-state index in [4.69, 9.17) is 4.74 Å². The highest BCUT2D eigenvalue weighted by Crippen LogP contribution is 2.26. The van der Waals surface area contributed by atoms with Crippen molar-refractivity contribution in [3.63, 3.8) is 0 Å². The molecule has 4 rings (SSSR count). The maximum atomic E-state index is 12.6. The number of carbonyl (C=O) groups is 5. The third-order valence-electron chi connectivity index (χ3n) is 5.49. The Hall–Kier alpha value is -5.39. The first-order valence-corrected chi connectivity index (χ1v) is 11.2. The summed E-state index contributed by atoms with van der Waals surface area (Å²) in [4.78, 5) is 72.4. The molecular formula is C26H20N4O8. The van der Waals surface area contributed by atoms with Gasteiger partial charge in [0.1, 0.15) is 12.3 Å². The molecule has 0 atom stereocenters. The van der Waals surface area contributed by atoms with Gasteiger partial charge in [0.2, 0.25) is 5.91 Å². The number of fused-ring (bicyclic) bond motifs is 1. The molecule has 0 bridgehead atoms. The first-order valence-electron chi connectivity index (χ1n) is 11.2. The molecule has 0 aromatic heterocycles. The highest BCUT2D eigenvalue weighted by molar-refractivity contribution is 6.23. The minimum Gasteiger partial charge on any atom is -0.427 e. The number of imide groups is 1. The zero-order chi connectivity index (χ0) is 27.4. The molecule has 0 spiro atoms.